The summed E-state index contributed by atoms with van der Waals surface area (Å²) in [7, 11) is 0. The van der Waals surface area contributed by atoms with Crippen molar-refractivity contribution in [1.82, 2.24) is 35.7 Å². The van der Waals surface area contributed by atoms with Crippen LogP contribution < -0.4 is 5.32 Å². The van der Waals surface area contributed by atoms with E-state index >= 15 is 0 Å². The van der Waals surface area contributed by atoms with Crippen molar-refractivity contribution in [2.24, 2.45) is 0 Å². The largest absolute Gasteiger partial charge is 0.424 e. The lowest BCUT2D eigenvalue weighted by Gasteiger charge is -2.15. The molecule has 0 fully saturated rings. The molecule has 0 aliphatic rings. The average molecular weight is 313 g/mol. The maximum atomic E-state index is 12.5. The van der Waals surface area contributed by atoms with Crippen LogP contribution in [0.2, 0.25) is 0 Å². The van der Waals surface area contributed by atoms with Crippen LogP contribution in [0.25, 0.3) is 0 Å². The van der Waals surface area contributed by atoms with E-state index in [4.69, 9.17) is 4.42 Å². The summed E-state index contributed by atoms with van der Waals surface area (Å²) < 4.78 is 6.67. The number of amides is 1. The van der Waals surface area contributed by atoms with Gasteiger partial charge in [-0.2, -0.15) is 0 Å². The smallest absolute Gasteiger partial charge is 0.245 e. The Balaban J connectivity index is 1.71. The fourth-order valence-corrected chi connectivity index (χ4v) is 2.14. The van der Waals surface area contributed by atoms with Crippen LogP contribution in [0.3, 0.4) is 0 Å². The van der Waals surface area contributed by atoms with E-state index in [1.54, 1.807) is 6.92 Å². The molecule has 23 heavy (non-hydrogen) atoms. The van der Waals surface area contributed by atoms with Crippen molar-refractivity contribution in [3.8, 4) is 0 Å². The van der Waals surface area contributed by atoms with Crippen molar-refractivity contribution in [2.75, 3.05) is 0 Å². The summed E-state index contributed by atoms with van der Waals surface area (Å²) in [5, 5.41) is 21.4. The molecular weight excluding hydrogens is 298 g/mol. The maximum absolute atomic E-state index is 12.5. The van der Waals surface area contributed by atoms with Gasteiger partial charge in [0.2, 0.25) is 17.7 Å². The zero-order valence-electron chi connectivity index (χ0n) is 12.5. The van der Waals surface area contributed by atoms with Gasteiger partial charge in [0.25, 0.3) is 0 Å². The number of aryl methyl sites for hydroxylation is 1. The number of hydrogen-bond donors (Lipinski definition) is 1. The molecule has 1 atom stereocenters. The summed E-state index contributed by atoms with van der Waals surface area (Å²) in [6, 6.07) is 9.11. The van der Waals surface area contributed by atoms with E-state index in [9.17, 15) is 4.79 Å². The highest BCUT2D eigenvalue weighted by Gasteiger charge is 2.22. The van der Waals surface area contributed by atoms with Crippen LogP contribution in [0.5, 0.6) is 0 Å². The van der Waals surface area contributed by atoms with Crippen molar-refractivity contribution in [3.05, 3.63) is 54.0 Å². The number of rotatable bonds is 6. The molecule has 0 saturated heterocycles. The standard InChI is InChI=1S/C14H15N7O2/c1-10-17-18-13(23-10)8-15-14(22)12(21-9-16-19-20-21)7-11-5-3-2-4-6-11/h2-6,9,12H,7-8H2,1H3,(H,15,22)/t12-/m1/s1. The Morgan fingerprint density at radius 3 is 2.78 bits per heavy atom. The minimum absolute atomic E-state index is 0.160. The first-order chi connectivity index (χ1) is 11.2. The number of nitrogens with zero attached hydrogens (tertiary/aromatic N) is 6. The second kappa shape index (κ2) is 6.77. The minimum atomic E-state index is -0.559. The van der Waals surface area contributed by atoms with Crippen molar-refractivity contribution in [2.45, 2.75) is 25.9 Å². The van der Waals surface area contributed by atoms with Crippen molar-refractivity contribution in [3.63, 3.8) is 0 Å². The number of nitrogens with one attached hydrogen (secondary N) is 1. The highest BCUT2D eigenvalue weighted by atomic mass is 16.4. The molecule has 118 valence electrons. The molecule has 0 bridgehead atoms. The number of carbonyl (C=O) groups is 1. The molecule has 9 heteroatoms. The van der Waals surface area contributed by atoms with Gasteiger partial charge >= 0.3 is 0 Å². The summed E-state index contributed by atoms with van der Waals surface area (Å²) in [5.41, 5.74) is 1.01. The number of aromatic nitrogens is 6. The average Bonchev–Trinajstić information content (AvgIpc) is 3.23. The van der Waals surface area contributed by atoms with E-state index < -0.39 is 6.04 Å². The van der Waals surface area contributed by atoms with Gasteiger partial charge in [0.05, 0.1) is 6.54 Å². The molecule has 3 aromatic rings. The third-order valence-electron chi connectivity index (χ3n) is 3.24. The first-order valence-electron chi connectivity index (χ1n) is 7.05. The van der Waals surface area contributed by atoms with Gasteiger partial charge < -0.3 is 9.73 Å². The number of tetrazole rings is 1. The molecule has 9 nitrogen and oxygen atoms in total. The van der Waals surface area contributed by atoms with Gasteiger partial charge in [0.1, 0.15) is 12.4 Å². The van der Waals surface area contributed by atoms with Crippen molar-refractivity contribution in [1.29, 1.82) is 0 Å². The first kappa shape index (κ1) is 14.8. The van der Waals surface area contributed by atoms with Crippen LogP contribution in [-0.2, 0) is 17.8 Å². The minimum Gasteiger partial charge on any atom is -0.424 e. The van der Waals surface area contributed by atoms with Crippen LogP contribution in [0, 0.1) is 6.92 Å². The highest BCUT2D eigenvalue weighted by Crippen LogP contribution is 2.13. The van der Waals surface area contributed by atoms with Gasteiger partial charge in [0, 0.05) is 13.3 Å². The zero-order chi connectivity index (χ0) is 16.1. The first-order valence-corrected chi connectivity index (χ1v) is 7.05. The highest BCUT2D eigenvalue weighted by molar-refractivity contribution is 5.80. The summed E-state index contributed by atoms with van der Waals surface area (Å²) in [5.74, 6) is 0.582. The molecule has 2 aromatic heterocycles. The van der Waals surface area contributed by atoms with E-state index in [2.05, 4.69) is 31.0 Å². The van der Waals surface area contributed by atoms with Crippen LogP contribution in [0.4, 0.5) is 0 Å². The van der Waals surface area contributed by atoms with Crippen LogP contribution >= 0.6 is 0 Å². The summed E-state index contributed by atoms with van der Waals surface area (Å²) >= 11 is 0. The molecule has 0 aliphatic heterocycles. The van der Waals surface area contributed by atoms with Gasteiger partial charge in [-0.3, -0.25) is 4.79 Å². The van der Waals surface area contributed by atoms with Gasteiger partial charge in [-0.05, 0) is 16.0 Å². The van der Waals surface area contributed by atoms with Crippen LogP contribution in [0.1, 0.15) is 23.4 Å². The van der Waals surface area contributed by atoms with Gasteiger partial charge in [-0.25, -0.2) is 4.68 Å². The number of carbonyl (C=O) groups excluding carboxylic acids is 1. The number of benzene rings is 1. The van der Waals surface area contributed by atoms with Gasteiger partial charge in [-0.15, -0.1) is 15.3 Å². The third kappa shape index (κ3) is 3.76. The Kier molecular flexibility index (Phi) is 4.37. The molecule has 0 unspecified atom stereocenters. The normalized spacial score (nSPS) is 12.0. The predicted molar refractivity (Wildman–Crippen MR) is 77.9 cm³/mol. The Morgan fingerprint density at radius 1 is 1.30 bits per heavy atom. The van der Waals surface area contributed by atoms with Crippen molar-refractivity contribution < 1.29 is 9.21 Å². The third-order valence-corrected chi connectivity index (χ3v) is 3.24. The van der Waals surface area contributed by atoms with E-state index in [0.717, 1.165) is 5.56 Å². The Labute approximate surface area is 131 Å². The van der Waals surface area contributed by atoms with E-state index in [1.165, 1.54) is 11.0 Å². The molecule has 0 aliphatic carbocycles. The molecule has 3 rings (SSSR count). The predicted octanol–water partition coefficient (Wildman–Crippen LogP) is 0.465. The Hall–Kier alpha value is -3.10. The Morgan fingerprint density at radius 2 is 2.13 bits per heavy atom. The zero-order valence-corrected chi connectivity index (χ0v) is 12.5. The van der Waals surface area contributed by atoms with Crippen LogP contribution in [-0.4, -0.2) is 36.3 Å². The topological polar surface area (TPSA) is 112 Å². The quantitative estimate of drug-likeness (QED) is 0.703. The van der Waals surface area contributed by atoms with Gasteiger partial charge in [0.15, 0.2) is 0 Å². The molecule has 0 radical (unpaired) electrons. The SMILES string of the molecule is Cc1nnc(CNC(=O)[C@@H](Cc2ccccc2)n2cnnn2)o1. The molecular formula is C14H15N7O2. The van der Waals surface area contributed by atoms with Gasteiger partial charge in [-0.1, -0.05) is 30.3 Å². The summed E-state index contributed by atoms with van der Waals surface area (Å²) in [6.07, 6.45) is 1.89. The second-order valence-corrected chi connectivity index (χ2v) is 4.93. The molecule has 2 heterocycles. The lowest BCUT2D eigenvalue weighted by molar-refractivity contribution is -0.124. The maximum Gasteiger partial charge on any atom is 0.245 e. The van der Waals surface area contributed by atoms with E-state index in [1.807, 2.05) is 30.3 Å². The number of hydrogen-bond acceptors (Lipinski definition) is 7. The fourth-order valence-electron chi connectivity index (χ4n) is 2.14. The fraction of sp³-hybridized carbons (Fsp3) is 0.286. The monoisotopic (exact) mass is 313 g/mol. The molecule has 0 spiro atoms. The van der Waals surface area contributed by atoms with E-state index in [0.29, 0.717) is 18.2 Å². The molecule has 1 N–H and O–H groups in total. The lowest BCUT2D eigenvalue weighted by atomic mass is 10.1. The lowest BCUT2D eigenvalue weighted by Crippen LogP contribution is -2.34. The summed E-state index contributed by atoms with van der Waals surface area (Å²) in [6.45, 7) is 1.85. The summed E-state index contributed by atoms with van der Waals surface area (Å²) in [4.78, 5) is 12.5. The molecule has 1 aromatic carbocycles. The molecule has 1 amide bonds. The Bertz CT molecular complexity index is 755. The van der Waals surface area contributed by atoms with Crippen LogP contribution in [0.15, 0.2) is 41.1 Å². The second-order valence-electron chi connectivity index (χ2n) is 4.93. The van der Waals surface area contributed by atoms with Crippen molar-refractivity contribution >= 4 is 5.91 Å². The molecule has 0 saturated carbocycles. The van der Waals surface area contributed by atoms with E-state index in [-0.39, 0.29) is 12.5 Å².